The molecule has 2 rings (SSSR count). The minimum Gasteiger partial charge on any atom is -0.392 e. The van der Waals surface area contributed by atoms with E-state index in [0.717, 1.165) is 15.8 Å². The van der Waals surface area contributed by atoms with Crippen molar-refractivity contribution in [3.8, 4) is 0 Å². The summed E-state index contributed by atoms with van der Waals surface area (Å²) in [5.74, 6) is 0. The molecule has 0 aliphatic rings. The lowest BCUT2D eigenvalue weighted by molar-refractivity contribution is 0.343. The van der Waals surface area contributed by atoms with Gasteiger partial charge in [-0.2, -0.15) is 0 Å². The number of nitrogen functional groups attached to an aromatic ring is 1. The van der Waals surface area contributed by atoms with E-state index in [4.69, 9.17) is 10.8 Å². The molecule has 0 saturated heterocycles. The van der Waals surface area contributed by atoms with Crippen molar-refractivity contribution in [1.82, 2.24) is 4.98 Å². The third kappa shape index (κ3) is 1.62. The van der Waals surface area contributed by atoms with Gasteiger partial charge < -0.3 is 10.8 Å². The number of benzene rings is 1. The van der Waals surface area contributed by atoms with Crippen molar-refractivity contribution in [3.05, 3.63) is 29.8 Å². The van der Waals surface area contributed by atoms with Crippen molar-refractivity contribution < 1.29 is 5.11 Å². The molecule has 72 valence electrons. The van der Waals surface area contributed by atoms with Crippen molar-refractivity contribution in [3.63, 3.8) is 0 Å². The highest BCUT2D eigenvalue weighted by Gasteiger charge is 2.02. The lowest BCUT2D eigenvalue weighted by Gasteiger charge is -1.93. The van der Waals surface area contributed by atoms with Crippen molar-refractivity contribution >= 4 is 32.8 Å². The average molecular weight is 206 g/mol. The van der Waals surface area contributed by atoms with E-state index in [-0.39, 0.29) is 6.61 Å². The molecule has 0 bridgehead atoms. The molecule has 0 aliphatic carbocycles. The minimum atomic E-state index is 0.0377. The first-order valence-electron chi connectivity index (χ1n) is 4.23. The van der Waals surface area contributed by atoms with Gasteiger partial charge in [-0.1, -0.05) is 35.6 Å². The van der Waals surface area contributed by atoms with Crippen LogP contribution in [0.5, 0.6) is 0 Å². The molecule has 0 atom stereocenters. The number of nitrogens with zero attached hydrogens (tertiary/aromatic N) is 1. The number of hydrogen-bond acceptors (Lipinski definition) is 4. The largest absolute Gasteiger partial charge is 0.392 e. The van der Waals surface area contributed by atoms with E-state index in [9.17, 15) is 0 Å². The zero-order valence-electron chi connectivity index (χ0n) is 7.47. The lowest BCUT2D eigenvalue weighted by Crippen LogP contribution is -1.81. The van der Waals surface area contributed by atoms with E-state index in [1.54, 1.807) is 6.08 Å². The fourth-order valence-electron chi connectivity index (χ4n) is 1.30. The Morgan fingerprint density at radius 3 is 3.14 bits per heavy atom. The van der Waals surface area contributed by atoms with Gasteiger partial charge in [0, 0.05) is 5.56 Å². The van der Waals surface area contributed by atoms with Gasteiger partial charge in [0.05, 0.1) is 16.8 Å². The van der Waals surface area contributed by atoms with E-state index >= 15 is 0 Å². The molecule has 3 nitrogen and oxygen atoms in total. The van der Waals surface area contributed by atoms with Crippen LogP contribution in [0.25, 0.3) is 16.3 Å². The Labute approximate surface area is 85.5 Å². The maximum Gasteiger partial charge on any atom is 0.181 e. The highest BCUT2D eigenvalue weighted by atomic mass is 32.1. The molecule has 0 spiro atoms. The second-order valence-corrected chi connectivity index (χ2v) is 3.89. The number of aliphatic hydroxyl groups excluding tert-OH is 1. The van der Waals surface area contributed by atoms with E-state index in [2.05, 4.69) is 4.98 Å². The van der Waals surface area contributed by atoms with Gasteiger partial charge in [0.2, 0.25) is 0 Å². The van der Waals surface area contributed by atoms with Gasteiger partial charge in [-0.05, 0) is 6.07 Å². The highest BCUT2D eigenvalue weighted by molar-refractivity contribution is 7.22. The smallest absolute Gasteiger partial charge is 0.181 e. The molecule has 0 aliphatic heterocycles. The number of anilines is 1. The lowest BCUT2D eigenvalue weighted by atomic mass is 10.2. The van der Waals surface area contributed by atoms with Crippen molar-refractivity contribution in [1.29, 1.82) is 0 Å². The second-order valence-electron chi connectivity index (χ2n) is 2.83. The number of aromatic nitrogens is 1. The molecule has 0 saturated carbocycles. The molecule has 0 fully saturated rings. The molecular weight excluding hydrogens is 196 g/mol. The van der Waals surface area contributed by atoms with Crippen molar-refractivity contribution in [2.75, 3.05) is 12.3 Å². The maximum atomic E-state index is 8.68. The van der Waals surface area contributed by atoms with Gasteiger partial charge >= 0.3 is 0 Å². The summed E-state index contributed by atoms with van der Waals surface area (Å²) < 4.78 is 1.07. The van der Waals surface area contributed by atoms with Crippen molar-refractivity contribution in [2.45, 2.75) is 0 Å². The number of hydrogen-bond donors (Lipinski definition) is 2. The third-order valence-corrected chi connectivity index (χ3v) is 2.72. The zero-order chi connectivity index (χ0) is 9.97. The van der Waals surface area contributed by atoms with Crippen LogP contribution in [0.3, 0.4) is 0 Å². The SMILES string of the molecule is Nc1nc2c(C=CCO)cccc2s1. The number of thiazole rings is 1. The van der Waals surface area contributed by atoms with Crippen LogP contribution in [0.4, 0.5) is 5.13 Å². The third-order valence-electron chi connectivity index (χ3n) is 1.87. The molecule has 4 heteroatoms. The second kappa shape index (κ2) is 3.77. The molecule has 1 aromatic heterocycles. The fourth-order valence-corrected chi connectivity index (χ4v) is 2.07. The van der Waals surface area contributed by atoms with E-state index in [1.165, 1.54) is 11.3 Å². The van der Waals surface area contributed by atoms with Crippen LogP contribution in [-0.4, -0.2) is 16.7 Å². The summed E-state index contributed by atoms with van der Waals surface area (Å²) in [6.07, 6.45) is 3.53. The number of fused-ring (bicyclic) bond motifs is 1. The Kier molecular flexibility index (Phi) is 2.47. The Morgan fingerprint density at radius 2 is 2.36 bits per heavy atom. The molecule has 0 unspecified atom stereocenters. The Bertz CT molecular complexity index is 476. The number of para-hydroxylation sites is 1. The zero-order valence-corrected chi connectivity index (χ0v) is 8.29. The predicted molar refractivity (Wildman–Crippen MR) is 60.2 cm³/mol. The minimum absolute atomic E-state index is 0.0377. The molecular formula is C10H10N2OS. The van der Waals surface area contributed by atoms with Crippen LogP contribution in [0.15, 0.2) is 24.3 Å². The molecule has 14 heavy (non-hydrogen) atoms. The average Bonchev–Trinajstić information content (AvgIpc) is 2.55. The van der Waals surface area contributed by atoms with Gasteiger partial charge in [0.15, 0.2) is 5.13 Å². The molecule has 1 heterocycles. The summed E-state index contributed by atoms with van der Waals surface area (Å²) in [7, 11) is 0. The monoisotopic (exact) mass is 206 g/mol. The van der Waals surface area contributed by atoms with Gasteiger partial charge in [-0.15, -0.1) is 0 Å². The van der Waals surface area contributed by atoms with Crippen LogP contribution in [-0.2, 0) is 0 Å². The van der Waals surface area contributed by atoms with E-state index in [1.807, 2.05) is 24.3 Å². The summed E-state index contributed by atoms with van der Waals surface area (Å²) in [6, 6.07) is 5.89. The molecule has 3 N–H and O–H groups in total. The predicted octanol–water partition coefficient (Wildman–Crippen LogP) is 1.88. The maximum absolute atomic E-state index is 8.68. The standard InChI is InChI=1S/C10H10N2OS/c11-10-12-9-7(4-2-6-13)3-1-5-8(9)14-10/h1-5,13H,6H2,(H2,11,12). The summed E-state index contributed by atoms with van der Waals surface area (Å²) in [6.45, 7) is 0.0377. The summed E-state index contributed by atoms with van der Waals surface area (Å²) in [5.41, 5.74) is 7.51. The van der Waals surface area contributed by atoms with Gasteiger partial charge in [-0.3, -0.25) is 0 Å². The number of aliphatic hydroxyl groups is 1. The first kappa shape index (κ1) is 9.18. The van der Waals surface area contributed by atoms with Crippen LogP contribution in [0.2, 0.25) is 0 Å². The van der Waals surface area contributed by atoms with Gasteiger partial charge in [0.25, 0.3) is 0 Å². The number of rotatable bonds is 2. The topological polar surface area (TPSA) is 59.1 Å². The van der Waals surface area contributed by atoms with Crippen LogP contribution >= 0.6 is 11.3 Å². The molecule has 1 aromatic carbocycles. The summed E-state index contributed by atoms with van der Waals surface area (Å²) in [4.78, 5) is 4.23. The quantitative estimate of drug-likeness (QED) is 0.788. The van der Waals surface area contributed by atoms with Gasteiger partial charge in [0.1, 0.15) is 0 Å². The normalized spacial score (nSPS) is 11.5. The Balaban J connectivity index is 2.58. The first-order valence-corrected chi connectivity index (χ1v) is 5.05. The molecule has 2 aromatic rings. The highest BCUT2D eigenvalue weighted by Crippen LogP contribution is 2.26. The van der Waals surface area contributed by atoms with E-state index < -0.39 is 0 Å². The molecule has 0 amide bonds. The van der Waals surface area contributed by atoms with E-state index in [0.29, 0.717) is 5.13 Å². The van der Waals surface area contributed by atoms with Crippen LogP contribution in [0.1, 0.15) is 5.56 Å². The fraction of sp³-hybridized carbons (Fsp3) is 0.100. The van der Waals surface area contributed by atoms with Crippen LogP contribution in [0, 0.1) is 0 Å². The van der Waals surface area contributed by atoms with Crippen LogP contribution < -0.4 is 5.73 Å². The van der Waals surface area contributed by atoms with Gasteiger partial charge in [-0.25, -0.2) is 4.98 Å². The Hall–Kier alpha value is -1.39. The number of nitrogens with two attached hydrogens (primary N) is 1. The summed E-state index contributed by atoms with van der Waals surface area (Å²) in [5, 5.41) is 9.25. The first-order chi connectivity index (χ1) is 6.81. The Morgan fingerprint density at radius 1 is 1.50 bits per heavy atom. The summed E-state index contributed by atoms with van der Waals surface area (Å²) >= 11 is 1.47. The molecule has 0 radical (unpaired) electrons. The van der Waals surface area contributed by atoms with Crippen molar-refractivity contribution in [2.24, 2.45) is 0 Å².